The number of hydrogen-bond acceptors (Lipinski definition) is 5. The van der Waals surface area contributed by atoms with Crippen molar-refractivity contribution in [1.29, 1.82) is 0 Å². The number of piperidine rings is 1. The van der Waals surface area contributed by atoms with Gasteiger partial charge in [0.2, 0.25) is 0 Å². The van der Waals surface area contributed by atoms with E-state index in [2.05, 4.69) is 24.1 Å². The van der Waals surface area contributed by atoms with Gasteiger partial charge >= 0.3 is 0 Å². The summed E-state index contributed by atoms with van der Waals surface area (Å²) >= 11 is 0. The molecule has 2 aliphatic rings. The number of likely N-dealkylation sites (tertiary alicyclic amines) is 1. The van der Waals surface area contributed by atoms with Gasteiger partial charge in [-0.3, -0.25) is 4.79 Å². The van der Waals surface area contributed by atoms with E-state index in [4.69, 9.17) is 14.8 Å². The molecular formula is C25H31N5O2. The van der Waals surface area contributed by atoms with Crippen LogP contribution in [-0.2, 0) is 0 Å². The number of fused-ring (bicyclic) bond motifs is 1. The molecule has 0 aliphatic carbocycles. The summed E-state index contributed by atoms with van der Waals surface area (Å²) in [6, 6.07) is 7.69. The van der Waals surface area contributed by atoms with Crippen molar-refractivity contribution < 1.29 is 9.53 Å². The number of amides is 1. The van der Waals surface area contributed by atoms with Crippen molar-refractivity contribution in [3.63, 3.8) is 0 Å². The van der Waals surface area contributed by atoms with Crippen LogP contribution in [0.25, 0.3) is 5.65 Å². The Bertz CT molecular complexity index is 1150. The minimum atomic E-state index is -0.0425. The first-order valence-corrected chi connectivity index (χ1v) is 11.6. The smallest absolute Gasteiger partial charge is 0.254 e. The lowest BCUT2D eigenvalue weighted by atomic mass is 9.97. The van der Waals surface area contributed by atoms with Gasteiger partial charge in [0.25, 0.3) is 5.91 Å². The maximum absolute atomic E-state index is 13.6. The quantitative estimate of drug-likeness (QED) is 0.613. The Balaban J connectivity index is 1.49. The Morgan fingerprint density at radius 1 is 1.09 bits per heavy atom. The molecule has 2 aliphatic heterocycles. The van der Waals surface area contributed by atoms with Crippen LogP contribution in [0.4, 0.5) is 5.82 Å². The van der Waals surface area contributed by atoms with Crippen LogP contribution in [0.15, 0.2) is 30.5 Å². The fourth-order valence-corrected chi connectivity index (χ4v) is 5.14. The predicted molar refractivity (Wildman–Crippen MR) is 125 cm³/mol. The fourth-order valence-electron chi connectivity index (χ4n) is 5.14. The van der Waals surface area contributed by atoms with Gasteiger partial charge in [0.15, 0.2) is 5.65 Å². The molecule has 168 valence electrons. The lowest BCUT2D eigenvalue weighted by Gasteiger charge is -2.35. The van der Waals surface area contributed by atoms with E-state index >= 15 is 0 Å². The molecule has 2 saturated heterocycles. The standard InChI is InChI=1S/C25H31N5O2/c1-17-16-30-23(26-24(17)28-12-6-7-13-28)15-20(27-30)21-10-4-5-14-29(21)25(31)19-9-8-11-22(32-3)18(19)2/h8-9,11,15-16,21H,4-7,10,12-14H2,1-3H3. The number of carbonyl (C=O) groups is 1. The molecule has 1 amide bonds. The largest absolute Gasteiger partial charge is 0.496 e. The molecule has 0 spiro atoms. The second-order valence-corrected chi connectivity index (χ2v) is 8.96. The van der Waals surface area contributed by atoms with Crippen molar-refractivity contribution >= 4 is 17.4 Å². The van der Waals surface area contributed by atoms with Crippen molar-refractivity contribution in [3.8, 4) is 5.75 Å². The summed E-state index contributed by atoms with van der Waals surface area (Å²) in [6.07, 6.45) is 7.52. The van der Waals surface area contributed by atoms with Crippen molar-refractivity contribution in [2.24, 2.45) is 0 Å². The lowest BCUT2D eigenvalue weighted by Crippen LogP contribution is -2.39. The van der Waals surface area contributed by atoms with E-state index in [0.717, 1.165) is 72.9 Å². The Morgan fingerprint density at radius 2 is 1.88 bits per heavy atom. The number of aryl methyl sites for hydroxylation is 1. The fraction of sp³-hybridized carbons (Fsp3) is 0.480. The third kappa shape index (κ3) is 3.59. The molecule has 0 radical (unpaired) electrons. The van der Waals surface area contributed by atoms with Crippen LogP contribution in [0.3, 0.4) is 0 Å². The van der Waals surface area contributed by atoms with Crippen molar-refractivity contribution in [2.45, 2.75) is 52.0 Å². The van der Waals surface area contributed by atoms with Gasteiger partial charge in [-0.25, -0.2) is 9.50 Å². The zero-order chi connectivity index (χ0) is 22.2. The number of anilines is 1. The van der Waals surface area contributed by atoms with E-state index in [-0.39, 0.29) is 11.9 Å². The normalized spacial score (nSPS) is 19.0. The molecule has 0 saturated carbocycles. The molecule has 32 heavy (non-hydrogen) atoms. The van der Waals surface area contributed by atoms with Crippen molar-refractivity contribution in [2.75, 3.05) is 31.6 Å². The number of hydrogen-bond donors (Lipinski definition) is 0. The van der Waals surface area contributed by atoms with Crippen LogP contribution in [0.2, 0.25) is 0 Å². The maximum Gasteiger partial charge on any atom is 0.254 e. The topological polar surface area (TPSA) is 63.0 Å². The van der Waals surface area contributed by atoms with Crippen LogP contribution in [0.5, 0.6) is 5.75 Å². The maximum atomic E-state index is 13.6. The Morgan fingerprint density at radius 3 is 2.66 bits per heavy atom. The lowest BCUT2D eigenvalue weighted by molar-refractivity contribution is 0.0604. The van der Waals surface area contributed by atoms with E-state index < -0.39 is 0 Å². The zero-order valence-corrected chi connectivity index (χ0v) is 19.2. The molecule has 1 unspecified atom stereocenters. The van der Waals surface area contributed by atoms with E-state index in [0.29, 0.717) is 5.56 Å². The molecule has 3 aromatic rings. The van der Waals surface area contributed by atoms with E-state index in [9.17, 15) is 4.79 Å². The summed E-state index contributed by atoms with van der Waals surface area (Å²) in [7, 11) is 1.64. The van der Waals surface area contributed by atoms with Crippen molar-refractivity contribution in [1.82, 2.24) is 19.5 Å². The third-order valence-corrected chi connectivity index (χ3v) is 6.87. The van der Waals surface area contributed by atoms with Gasteiger partial charge in [0.05, 0.1) is 18.8 Å². The first kappa shape index (κ1) is 20.8. The first-order chi connectivity index (χ1) is 15.6. The molecule has 2 fully saturated rings. The molecule has 2 aromatic heterocycles. The molecule has 4 heterocycles. The molecule has 0 bridgehead atoms. The zero-order valence-electron chi connectivity index (χ0n) is 19.2. The van der Waals surface area contributed by atoms with Crippen LogP contribution in [0, 0.1) is 13.8 Å². The number of benzene rings is 1. The average molecular weight is 434 g/mol. The minimum Gasteiger partial charge on any atom is -0.496 e. The Kier molecular flexibility index (Phi) is 5.49. The van der Waals surface area contributed by atoms with Crippen LogP contribution >= 0.6 is 0 Å². The molecule has 1 aromatic carbocycles. The number of aromatic nitrogens is 3. The van der Waals surface area contributed by atoms with Crippen LogP contribution in [-0.4, -0.2) is 52.1 Å². The van der Waals surface area contributed by atoms with Gasteiger partial charge in [-0.1, -0.05) is 6.07 Å². The summed E-state index contributed by atoms with van der Waals surface area (Å²) in [4.78, 5) is 22.9. The summed E-state index contributed by atoms with van der Waals surface area (Å²) in [5.41, 5.74) is 4.49. The highest BCUT2D eigenvalue weighted by atomic mass is 16.5. The number of carbonyl (C=O) groups excluding carboxylic acids is 1. The molecule has 0 N–H and O–H groups in total. The Labute approximate surface area is 189 Å². The van der Waals surface area contributed by atoms with Gasteiger partial charge in [-0.2, -0.15) is 5.10 Å². The Hall–Kier alpha value is -3.09. The number of methoxy groups -OCH3 is 1. The highest BCUT2D eigenvalue weighted by molar-refractivity contribution is 5.96. The molecular weight excluding hydrogens is 402 g/mol. The van der Waals surface area contributed by atoms with Gasteiger partial charge in [0.1, 0.15) is 11.6 Å². The van der Waals surface area contributed by atoms with Gasteiger partial charge in [-0.15, -0.1) is 0 Å². The number of rotatable bonds is 4. The monoisotopic (exact) mass is 433 g/mol. The number of ether oxygens (including phenoxy) is 1. The molecule has 7 heteroatoms. The first-order valence-electron chi connectivity index (χ1n) is 11.6. The highest BCUT2D eigenvalue weighted by Crippen LogP contribution is 2.34. The number of nitrogens with zero attached hydrogens (tertiary/aromatic N) is 5. The van der Waals surface area contributed by atoms with E-state index in [1.54, 1.807) is 7.11 Å². The third-order valence-electron chi connectivity index (χ3n) is 6.87. The van der Waals surface area contributed by atoms with Gasteiger partial charge < -0.3 is 14.5 Å². The van der Waals surface area contributed by atoms with Gasteiger partial charge in [0, 0.05) is 48.6 Å². The summed E-state index contributed by atoms with van der Waals surface area (Å²) in [6.45, 7) is 6.91. The minimum absolute atomic E-state index is 0.0425. The van der Waals surface area contributed by atoms with E-state index in [1.165, 1.54) is 12.8 Å². The van der Waals surface area contributed by atoms with Crippen LogP contribution in [0.1, 0.15) is 65.3 Å². The average Bonchev–Trinajstić information content (AvgIpc) is 3.48. The second-order valence-electron chi connectivity index (χ2n) is 8.96. The summed E-state index contributed by atoms with van der Waals surface area (Å²) < 4.78 is 7.31. The van der Waals surface area contributed by atoms with E-state index in [1.807, 2.05) is 34.5 Å². The summed E-state index contributed by atoms with van der Waals surface area (Å²) in [5.74, 6) is 1.85. The van der Waals surface area contributed by atoms with Crippen LogP contribution < -0.4 is 9.64 Å². The SMILES string of the molecule is COc1cccc(C(=O)N2CCCCC2c2cc3nc(N4CCCC4)c(C)cn3n2)c1C. The molecule has 7 nitrogen and oxygen atoms in total. The van der Waals surface area contributed by atoms with Crippen molar-refractivity contribution in [3.05, 3.63) is 52.8 Å². The highest BCUT2D eigenvalue weighted by Gasteiger charge is 2.32. The second kappa shape index (κ2) is 8.45. The van der Waals surface area contributed by atoms with Gasteiger partial charge in [-0.05, 0) is 58.1 Å². The summed E-state index contributed by atoms with van der Waals surface area (Å²) in [5, 5.41) is 4.86. The molecule has 1 atom stereocenters. The molecule has 5 rings (SSSR count). The predicted octanol–water partition coefficient (Wildman–Crippen LogP) is 4.32.